The van der Waals surface area contributed by atoms with Crippen LogP contribution in [-0.4, -0.2) is 19.7 Å². The highest BCUT2D eigenvalue weighted by Gasteiger charge is 2.14. The fraction of sp³-hybridized carbons (Fsp3) is 0.300. The van der Waals surface area contributed by atoms with Crippen molar-refractivity contribution < 1.29 is 23.0 Å². The Morgan fingerprint density at radius 3 is 2.56 bits per heavy atom. The number of methoxy groups -OCH3 is 1. The third kappa shape index (κ3) is 2.59. The van der Waals surface area contributed by atoms with E-state index in [0.717, 1.165) is 0 Å². The molecule has 2 N–H and O–H groups in total. The van der Waals surface area contributed by atoms with E-state index in [2.05, 4.69) is 9.47 Å². The van der Waals surface area contributed by atoms with Crippen LogP contribution in [0.2, 0.25) is 0 Å². The summed E-state index contributed by atoms with van der Waals surface area (Å²) in [4.78, 5) is 11.2. The lowest BCUT2D eigenvalue weighted by Gasteiger charge is -2.11. The minimum absolute atomic E-state index is 0.0706. The fourth-order valence-electron chi connectivity index (χ4n) is 1.16. The van der Waals surface area contributed by atoms with Crippen LogP contribution in [0.5, 0.6) is 5.75 Å². The molecule has 0 aliphatic carbocycles. The monoisotopic (exact) mass is 231 g/mol. The van der Waals surface area contributed by atoms with Crippen molar-refractivity contribution in [1.29, 1.82) is 0 Å². The number of nitrogen functional groups attached to an aromatic ring is 1. The largest absolute Gasteiger partial charge is 0.465 e. The second kappa shape index (κ2) is 4.78. The number of hydrogen-bond donors (Lipinski definition) is 1. The van der Waals surface area contributed by atoms with Gasteiger partial charge in [-0.15, -0.1) is 0 Å². The number of rotatable bonds is 3. The Balaban J connectivity index is 3.16. The summed E-state index contributed by atoms with van der Waals surface area (Å²) in [6.07, 6.45) is 0. The van der Waals surface area contributed by atoms with Crippen molar-refractivity contribution in [2.45, 2.75) is 13.5 Å². The van der Waals surface area contributed by atoms with Crippen LogP contribution < -0.4 is 10.5 Å². The minimum Gasteiger partial charge on any atom is -0.465 e. The zero-order valence-corrected chi connectivity index (χ0v) is 8.79. The summed E-state index contributed by atoms with van der Waals surface area (Å²) in [6.45, 7) is -1.44. The molecule has 0 aliphatic heterocycles. The molecule has 0 heterocycles. The van der Waals surface area contributed by atoms with Gasteiger partial charge in [-0.1, -0.05) is 0 Å². The molecular formula is C10H11F2NO3. The molecule has 16 heavy (non-hydrogen) atoms. The van der Waals surface area contributed by atoms with Crippen molar-refractivity contribution in [2.75, 3.05) is 12.8 Å². The molecule has 0 radical (unpaired) electrons. The molecule has 0 atom stereocenters. The van der Waals surface area contributed by atoms with Crippen molar-refractivity contribution >= 4 is 11.7 Å². The molecule has 1 rings (SSSR count). The Morgan fingerprint density at radius 1 is 1.44 bits per heavy atom. The van der Waals surface area contributed by atoms with E-state index < -0.39 is 12.6 Å². The predicted molar refractivity (Wildman–Crippen MR) is 53.6 cm³/mol. The Hall–Kier alpha value is -1.85. The number of benzene rings is 1. The number of halogens is 2. The van der Waals surface area contributed by atoms with E-state index in [4.69, 9.17) is 5.73 Å². The molecule has 0 saturated heterocycles. The summed E-state index contributed by atoms with van der Waals surface area (Å²) in [5.74, 6) is -0.791. The van der Waals surface area contributed by atoms with Gasteiger partial charge in [0.25, 0.3) is 0 Å². The molecule has 0 saturated carbocycles. The van der Waals surface area contributed by atoms with Crippen LogP contribution in [-0.2, 0) is 4.74 Å². The molecule has 1 aromatic rings. The van der Waals surface area contributed by atoms with Gasteiger partial charge < -0.3 is 15.2 Å². The highest BCUT2D eigenvalue weighted by atomic mass is 19.3. The lowest BCUT2D eigenvalue weighted by atomic mass is 10.1. The van der Waals surface area contributed by atoms with E-state index in [1.807, 2.05) is 0 Å². The van der Waals surface area contributed by atoms with Gasteiger partial charge in [-0.2, -0.15) is 8.78 Å². The predicted octanol–water partition coefficient (Wildman–Crippen LogP) is 1.97. The molecule has 0 aliphatic rings. The summed E-state index contributed by atoms with van der Waals surface area (Å²) in [5, 5.41) is 0. The van der Waals surface area contributed by atoms with Gasteiger partial charge in [-0.3, -0.25) is 0 Å². The van der Waals surface area contributed by atoms with Crippen molar-refractivity contribution in [2.24, 2.45) is 0 Å². The molecule has 0 bridgehead atoms. The first-order valence-electron chi connectivity index (χ1n) is 4.39. The molecular weight excluding hydrogens is 220 g/mol. The number of ether oxygens (including phenoxy) is 2. The van der Waals surface area contributed by atoms with Crippen LogP contribution >= 0.6 is 0 Å². The number of hydrogen-bond acceptors (Lipinski definition) is 4. The molecule has 1 aromatic carbocycles. The average Bonchev–Trinajstić information content (AvgIpc) is 2.22. The quantitative estimate of drug-likeness (QED) is 0.638. The van der Waals surface area contributed by atoms with Gasteiger partial charge >= 0.3 is 12.6 Å². The molecule has 0 aromatic heterocycles. The normalized spacial score (nSPS) is 10.3. The molecule has 0 spiro atoms. The standard InChI is InChI=1S/C10H11F2NO3/c1-5-7(13)3-6(9(14)15-2)4-8(5)16-10(11)12/h3-4,10H,13H2,1-2H3. The smallest absolute Gasteiger partial charge is 0.387 e. The van der Waals surface area contributed by atoms with Crippen LogP contribution in [0.4, 0.5) is 14.5 Å². The summed E-state index contributed by atoms with van der Waals surface area (Å²) >= 11 is 0. The van der Waals surface area contributed by atoms with Gasteiger partial charge in [0.15, 0.2) is 0 Å². The highest BCUT2D eigenvalue weighted by molar-refractivity contribution is 5.91. The van der Waals surface area contributed by atoms with Crippen LogP contribution in [0, 0.1) is 6.92 Å². The number of anilines is 1. The Kier molecular flexibility index (Phi) is 3.65. The molecule has 0 amide bonds. The highest BCUT2D eigenvalue weighted by Crippen LogP contribution is 2.27. The van der Waals surface area contributed by atoms with Gasteiger partial charge in [-0.25, -0.2) is 4.79 Å². The average molecular weight is 231 g/mol. The van der Waals surface area contributed by atoms with Crippen LogP contribution in [0.25, 0.3) is 0 Å². The second-order valence-corrected chi connectivity index (χ2v) is 3.06. The second-order valence-electron chi connectivity index (χ2n) is 3.06. The van der Waals surface area contributed by atoms with Crippen molar-refractivity contribution in [1.82, 2.24) is 0 Å². The number of nitrogens with two attached hydrogens (primary N) is 1. The van der Waals surface area contributed by atoms with E-state index >= 15 is 0 Å². The lowest BCUT2D eigenvalue weighted by molar-refractivity contribution is -0.0503. The molecule has 4 nitrogen and oxygen atoms in total. The van der Waals surface area contributed by atoms with Gasteiger partial charge in [0, 0.05) is 11.3 Å². The first-order valence-corrected chi connectivity index (χ1v) is 4.39. The van der Waals surface area contributed by atoms with Crippen molar-refractivity contribution in [3.05, 3.63) is 23.3 Å². The van der Waals surface area contributed by atoms with Gasteiger partial charge in [0.2, 0.25) is 0 Å². The lowest BCUT2D eigenvalue weighted by Crippen LogP contribution is -2.08. The Morgan fingerprint density at radius 2 is 2.06 bits per heavy atom. The molecule has 6 heteroatoms. The van der Waals surface area contributed by atoms with E-state index in [1.165, 1.54) is 26.2 Å². The Labute approximate surface area is 91.0 Å². The fourth-order valence-corrected chi connectivity index (χ4v) is 1.16. The first kappa shape index (κ1) is 12.2. The zero-order chi connectivity index (χ0) is 12.3. The van der Waals surface area contributed by atoms with E-state index in [9.17, 15) is 13.6 Å². The van der Waals surface area contributed by atoms with Gasteiger partial charge in [0.1, 0.15) is 5.75 Å². The van der Waals surface area contributed by atoms with Gasteiger partial charge in [0.05, 0.1) is 12.7 Å². The maximum atomic E-state index is 12.1. The third-order valence-electron chi connectivity index (χ3n) is 2.04. The summed E-state index contributed by atoms with van der Waals surface area (Å²) in [5.41, 5.74) is 6.18. The third-order valence-corrected chi connectivity index (χ3v) is 2.04. The number of carbonyl (C=O) groups excluding carboxylic acids is 1. The number of esters is 1. The maximum Gasteiger partial charge on any atom is 0.387 e. The minimum atomic E-state index is -2.97. The summed E-state index contributed by atoms with van der Waals surface area (Å²) < 4.78 is 32.8. The van der Waals surface area contributed by atoms with Crippen LogP contribution in [0.3, 0.4) is 0 Å². The molecule has 88 valence electrons. The number of carbonyl (C=O) groups is 1. The molecule has 0 unspecified atom stereocenters. The summed E-state index contributed by atoms with van der Waals surface area (Å²) in [7, 11) is 1.19. The van der Waals surface area contributed by atoms with E-state index in [1.54, 1.807) is 0 Å². The van der Waals surface area contributed by atoms with Crippen molar-refractivity contribution in [3.8, 4) is 5.75 Å². The van der Waals surface area contributed by atoms with E-state index in [-0.39, 0.29) is 17.0 Å². The van der Waals surface area contributed by atoms with Crippen LogP contribution in [0.1, 0.15) is 15.9 Å². The summed E-state index contributed by atoms with van der Waals surface area (Å²) in [6, 6.07) is 2.52. The SMILES string of the molecule is COC(=O)c1cc(N)c(C)c(OC(F)F)c1. The van der Waals surface area contributed by atoms with E-state index in [0.29, 0.717) is 5.56 Å². The Bertz CT molecular complexity index is 407. The van der Waals surface area contributed by atoms with Gasteiger partial charge in [-0.05, 0) is 19.1 Å². The first-order chi connectivity index (χ1) is 7.45. The van der Waals surface area contributed by atoms with Crippen molar-refractivity contribution in [3.63, 3.8) is 0 Å². The zero-order valence-electron chi connectivity index (χ0n) is 8.79. The molecule has 0 fully saturated rings. The maximum absolute atomic E-state index is 12.1. The van der Waals surface area contributed by atoms with Crippen LogP contribution in [0.15, 0.2) is 12.1 Å². The topological polar surface area (TPSA) is 61.5 Å². The number of alkyl halides is 2.